The van der Waals surface area contributed by atoms with Gasteiger partial charge in [0.2, 0.25) is 5.79 Å². The molecule has 5 nitrogen and oxygen atoms in total. The molecule has 1 atom stereocenters. The first-order valence-corrected chi connectivity index (χ1v) is 8.70. The van der Waals surface area contributed by atoms with Crippen LogP contribution in [0, 0.1) is 0 Å². The molecule has 2 aliphatic heterocycles. The fraction of sp³-hybridized carbons (Fsp3) is 0.400. The Morgan fingerprint density at radius 2 is 1.76 bits per heavy atom. The molecule has 2 aromatic rings. The smallest absolute Gasteiger partial charge is 0.360 e. The van der Waals surface area contributed by atoms with Crippen LogP contribution in [0.3, 0.4) is 0 Å². The highest BCUT2D eigenvalue weighted by Crippen LogP contribution is 2.51. The molecule has 5 heteroatoms. The zero-order chi connectivity index (χ0) is 16.9. The van der Waals surface area contributed by atoms with Gasteiger partial charge in [-0.05, 0) is 30.5 Å². The van der Waals surface area contributed by atoms with Gasteiger partial charge in [-0.3, -0.25) is 0 Å². The second kappa shape index (κ2) is 5.73. The highest BCUT2D eigenvalue weighted by molar-refractivity contribution is 5.60. The zero-order valence-corrected chi connectivity index (χ0v) is 14.1. The summed E-state index contributed by atoms with van der Waals surface area (Å²) in [5.74, 6) is 0.563. The maximum atomic E-state index is 6.35. The van der Waals surface area contributed by atoms with Crippen molar-refractivity contribution in [2.45, 2.75) is 31.5 Å². The van der Waals surface area contributed by atoms with E-state index in [1.165, 1.54) is 5.56 Å². The molecule has 130 valence electrons. The van der Waals surface area contributed by atoms with Crippen LogP contribution in [0.2, 0.25) is 0 Å². The van der Waals surface area contributed by atoms with Gasteiger partial charge >= 0.3 is 6.48 Å². The van der Waals surface area contributed by atoms with E-state index in [9.17, 15) is 0 Å². The van der Waals surface area contributed by atoms with Crippen molar-refractivity contribution >= 4 is 0 Å². The summed E-state index contributed by atoms with van der Waals surface area (Å²) in [5.41, 5.74) is 4.34. The third-order valence-electron chi connectivity index (χ3n) is 5.10. The summed E-state index contributed by atoms with van der Waals surface area (Å²) in [7, 11) is 1.57. The Balaban J connectivity index is 1.72. The van der Waals surface area contributed by atoms with Crippen molar-refractivity contribution in [2.24, 2.45) is 0 Å². The first kappa shape index (κ1) is 15.2. The first-order valence-electron chi connectivity index (χ1n) is 8.70. The van der Waals surface area contributed by atoms with Gasteiger partial charge in [-0.15, -0.1) is 0 Å². The van der Waals surface area contributed by atoms with Crippen LogP contribution < -0.4 is 9.47 Å². The Morgan fingerprint density at radius 3 is 2.56 bits per heavy atom. The largest absolute Gasteiger partial charge is 0.428 e. The van der Waals surface area contributed by atoms with Gasteiger partial charge in [-0.25, -0.2) is 0 Å². The molecule has 1 spiro atoms. The second-order valence-electron chi connectivity index (χ2n) is 6.53. The van der Waals surface area contributed by atoms with Gasteiger partial charge in [-0.1, -0.05) is 24.3 Å². The maximum Gasteiger partial charge on any atom is 0.360 e. The normalized spacial score (nSPS) is 23.0. The van der Waals surface area contributed by atoms with Crippen molar-refractivity contribution in [1.82, 2.24) is 0 Å². The molecule has 0 radical (unpaired) electrons. The summed E-state index contributed by atoms with van der Waals surface area (Å²) < 4.78 is 29.5. The standard InChI is InChI=1S/C20H20O5/c1-21-19-24-17-9-8-16-14(18(17)25-19)12-13-6-2-3-7-15(13)20(16)22-10-4-5-11-23-20/h2-3,6-9,19H,4-5,10-12H2,1H3. The van der Waals surface area contributed by atoms with E-state index in [-0.39, 0.29) is 0 Å². The third-order valence-corrected chi connectivity index (χ3v) is 5.10. The maximum absolute atomic E-state index is 6.35. The molecule has 1 saturated heterocycles. The molecular weight excluding hydrogens is 320 g/mol. The summed E-state index contributed by atoms with van der Waals surface area (Å²) in [6.07, 6.45) is 2.74. The minimum absolute atomic E-state index is 0.670. The average molecular weight is 340 g/mol. The topological polar surface area (TPSA) is 46.2 Å². The Hall–Kier alpha value is -2.08. The van der Waals surface area contributed by atoms with Crippen LogP contribution >= 0.6 is 0 Å². The van der Waals surface area contributed by atoms with Crippen molar-refractivity contribution in [3.8, 4) is 11.5 Å². The van der Waals surface area contributed by atoms with Gasteiger partial charge in [0.05, 0.1) is 13.2 Å². The molecule has 0 saturated carbocycles. The fourth-order valence-corrected chi connectivity index (χ4v) is 3.95. The highest BCUT2D eigenvalue weighted by atomic mass is 16.9. The second-order valence-corrected chi connectivity index (χ2v) is 6.53. The van der Waals surface area contributed by atoms with E-state index in [0.717, 1.165) is 41.7 Å². The van der Waals surface area contributed by atoms with Gasteiger partial charge < -0.3 is 23.7 Å². The summed E-state index contributed by atoms with van der Waals surface area (Å²) in [6, 6.07) is 12.3. The monoisotopic (exact) mass is 340 g/mol. The first-order chi connectivity index (χ1) is 12.3. The summed E-state index contributed by atoms with van der Waals surface area (Å²) in [6.45, 7) is 0.636. The molecule has 1 unspecified atom stereocenters. The summed E-state index contributed by atoms with van der Waals surface area (Å²) in [5, 5.41) is 0. The number of methoxy groups -OCH3 is 1. The lowest BCUT2D eigenvalue weighted by molar-refractivity contribution is -0.206. The van der Waals surface area contributed by atoms with Crippen molar-refractivity contribution in [3.63, 3.8) is 0 Å². The molecular formula is C20H20O5. The van der Waals surface area contributed by atoms with Gasteiger partial charge in [0, 0.05) is 30.2 Å². The molecule has 3 aliphatic rings. The van der Waals surface area contributed by atoms with Crippen molar-refractivity contribution in [1.29, 1.82) is 0 Å². The Kier molecular flexibility index (Phi) is 3.48. The lowest BCUT2D eigenvalue weighted by Crippen LogP contribution is -2.38. The molecule has 0 amide bonds. The minimum atomic E-state index is -0.871. The molecule has 1 aliphatic carbocycles. The SMILES string of the molecule is COC1Oc2ccc3c(c2O1)Cc1ccccc1C31OCCCCO1. The van der Waals surface area contributed by atoms with E-state index >= 15 is 0 Å². The Labute approximate surface area is 146 Å². The van der Waals surface area contributed by atoms with E-state index in [1.807, 2.05) is 24.3 Å². The number of ether oxygens (including phenoxy) is 5. The van der Waals surface area contributed by atoms with Crippen LogP contribution in [0.4, 0.5) is 0 Å². The molecule has 25 heavy (non-hydrogen) atoms. The minimum Gasteiger partial charge on any atom is -0.428 e. The molecule has 1 fully saturated rings. The van der Waals surface area contributed by atoms with Crippen LogP contribution in [-0.2, 0) is 26.4 Å². The van der Waals surface area contributed by atoms with Crippen LogP contribution in [0.1, 0.15) is 35.1 Å². The number of rotatable bonds is 1. The van der Waals surface area contributed by atoms with E-state index in [0.29, 0.717) is 19.0 Å². The number of hydrogen-bond donors (Lipinski definition) is 0. The van der Waals surface area contributed by atoms with Gasteiger partial charge in [0.15, 0.2) is 11.5 Å². The van der Waals surface area contributed by atoms with Crippen LogP contribution in [-0.4, -0.2) is 26.8 Å². The molecule has 0 N–H and O–H groups in total. The quantitative estimate of drug-likeness (QED) is 0.797. The molecule has 5 rings (SSSR count). The predicted octanol–water partition coefficient (Wildman–Crippen LogP) is 3.32. The van der Waals surface area contributed by atoms with Crippen molar-refractivity contribution in [3.05, 3.63) is 58.7 Å². The predicted molar refractivity (Wildman–Crippen MR) is 89.7 cm³/mol. The zero-order valence-electron chi connectivity index (χ0n) is 14.1. The summed E-state index contributed by atoms with van der Waals surface area (Å²) >= 11 is 0. The number of benzene rings is 2. The van der Waals surface area contributed by atoms with Crippen LogP contribution in [0.5, 0.6) is 11.5 Å². The molecule has 0 aromatic heterocycles. The van der Waals surface area contributed by atoms with Crippen molar-refractivity contribution < 1.29 is 23.7 Å². The van der Waals surface area contributed by atoms with Gasteiger partial charge in [0.25, 0.3) is 0 Å². The van der Waals surface area contributed by atoms with Gasteiger partial charge in [0.1, 0.15) is 0 Å². The molecule has 2 aromatic carbocycles. The van der Waals surface area contributed by atoms with E-state index < -0.39 is 12.3 Å². The average Bonchev–Trinajstić information content (AvgIpc) is 2.94. The van der Waals surface area contributed by atoms with Gasteiger partial charge in [-0.2, -0.15) is 0 Å². The Morgan fingerprint density at radius 1 is 0.960 bits per heavy atom. The fourth-order valence-electron chi connectivity index (χ4n) is 3.95. The highest BCUT2D eigenvalue weighted by Gasteiger charge is 2.46. The van der Waals surface area contributed by atoms with Crippen LogP contribution in [0.15, 0.2) is 36.4 Å². The van der Waals surface area contributed by atoms with Crippen molar-refractivity contribution in [2.75, 3.05) is 20.3 Å². The van der Waals surface area contributed by atoms with E-state index in [2.05, 4.69) is 12.1 Å². The lowest BCUT2D eigenvalue weighted by Gasteiger charge is -2.39. The van der Waals surface area contributed by atoms with E-state index in [4.69, 9.17) is 23.7 Å². The number of fused-ring (bicyclic) bond motifs is 6. The van der Waals surface area contributed by atoms with Crippen LogP contribution in [0.25, 0.3) is 0 Å². The van der Waals surface area contributed by atoms with E-state index in [1.54, 1.807) is 7.11 Å². The third kappa shape index (κ3) is 2.20. The Bertz CT molecular complexity index is 808. The summed E-state index contributed by atoms with van der Waals surface area (Å²) in [4.78, 5) is 0. The lowest BCUT2D eigenvalue weighted by atomic mass is 9.80. The number of hydrogen-bond acceptors (Lipinski definition) is 5. The molecule has 2 heterocycles. The molecule has 0 bridgehead atoms.